The van der Waals surface area contributed by atoms with E-state index >= 15 is 0 Å². The van der Waals surface area contributed by atoms with Crippen LogP contribution in [0.1, 0.15) is 53.7 Å². The normalized spacial score (nSPS) is 26.7. The van der Waals surface area contributed by atoms with Crippen molar-refractivity contribution in [1.29, 1.82) is 0 Å². The number of nitrogen functional groups attached to an aromatic ring is 1. The van der Waals surface area contributed by atoms with Crippen LogP contribution in [0.25, 0.3) is 11.2 Å². The third-order valence-electron chi connectivity index (χ3n) is 6.90. The molecule has 2 fully saturated rings. The molecule has 2 aromatic rings. The fourth-order valence-corrected chi connectivity index (χ4v) is 5.07. The Labute approximate surface area is 212 Å². The van der Waals surface area contributed by atoms with Gasteiger partial charge in [-0.2, -0.15) is 0 Å². The van der Waals surface area contributed by atoms with Gasteiger partial charge in [-0.15, -0.1) is 0 Å². The SMILES string of the molecule is CCOC(=O)/C=C/[C@H]1C[C@@H](N(C[C@@H](OC)[C@H]2OC(C)(C)O[C@H]2n2cnc3c(N)ncnc32)C(C)C)C1. The Balaban J connectivity index is 1.49. The fourth-order valence-electron chi connectivity index (χ4n) is 5.07. The summed E-state index contributed by atoms with van der Waals surface area (Å²) >= 11 is 0. The molecule has 4 rings (SSSR count). The molecule has 3 heterocycles. The summed E-state index contributed by atoms with van der Waals surface area (Å²) in [5.74, 6) is -0.419. The number of allylic oxidation sites excluding steroid dienone is 1. The molecule has 1 aliphatic carbocycles. The zero-order chi connectivity index (χ0) is 26.0. The van der Waals surface area contributed by atoms with Crippen molar-refractivity contribution in [2.24, 2.45) is 5.92 Å². The molecule has 1 saturated carbocycles. The Morgan fingerprint density at radius 3 is 2.72 bits per heavy atom. The number of methoxy groups -OCH3 is 1. The van der Waals surface area contributed by atoms with Crippen molar-refractivity contribution >= 4 is 23.0 Å². The Bertz CT molecular complexity index is 1080. The zero-order valence-corrected chi connectivity index (χ0v) is 22.0. The smallest absolute Gasteiger partial charge is 0.330 e. The lowest BCUT2D eigenvalue weighted by Gasteiger charge is -2.45. The van der Waals surface area contributed by atoms with Crippen LogP contribution in [0.15, 0.2) is 24.8 Å². The predicted octanol–water partition coefficient (Wildman–Crippen LogP) is 2.68. The number of imidazole rings is 1. The Kier molecular flexibility index (Phi) is 7.93. The van der Waals surface area contributed by atoms with Crippen molar-refractivity contribution in [2.75, 3.05) is 26.0 Å². The number of esters is 1. The maximum Gasteiger partial charge on any atom is 0.330 e. The van der Waals surface area contributed by atoms with Crippen LogP contribution in [0.2, 0.25) is 0 Å². The van der Waals surface area contributed by atoms with Crippen LogP contribution in [0.4, 0.5) is 5.82 Å². The lowest BCUT2D eigenvalue weighted by molar-refractivity contribution is -0.163. The number of carbonyl (C=O) groups excluding carboxylic acids is 1. The number of hydrogen-bond acceptors (Lipinski definition) is 10. The maximum atomic E-state index is 11.6. The first-order valence-electron chi connectivity index (χ1n) is 12.6. The predicted molar refractivity (Wildman–Crippen MR) is 134 cm³/mol. The van der Waals surface area contributed by atoms with E-state index in [4.69, 9.17) is 24.7 Å². The monoisotopic (exact) mass is 502 g/mol. The van der Waals surface area contributed by atoms with E-state index in [-0.39, 0.29) is 12.1 Å². The van der Waals surface area contributed by atoms with E-state index in [9.17, 15) is 4.79 Å². The molecule has 0 amide bonds. The van der Waals surface area contributed by atoms with Crippen LogP contribution in [0.3, 0.4) is 0 Å². The van der Waals surface area contributed by atoms with Crippen molar-refractivity contribution in [3.05, 3.63) is 24.8 Å². The van der Waals surface area contributed by atoms with Gasteiger partial charge in [-0.05, 0) is 53.4 Å². The largest absolute Gasteiger partial charge is 0.463 e. The van der Waals surface area contributed by atoms with Gasteiger partial charge in [0.2, 0.25) is 0 Å². The van der Waals surface area contributed by atoms with Gasteiger partial charge in [0, 0.05) is 31.8 Å². The number of carbonyl (C=O) groups is 1. The standard InChI is InChI=1S/C25H38N6O5/c1-7-34-19(32)9-8-16-10-17(11-16)30(15(2)3)12-18(33-6)21-24(36-25(4,5)35-21)31-14-29-20-22(26)27-13-28-23(20)31/h8-9,13-18,21,24H,7,10-12H2,1-6H3,(H2,26,27,28)/b9-8+/t16-,17+,18-,21-,24-/m1/s1. The van der Waals surface area contributed by atoms with Crippen molar-refractivity contribution in [3.8, 4) is 0 Å². The third kappa shape index (κ3) is 5.54. The van der Waals surface area contributed by atoms with Gasteiger partial charge in [0.15, 0.2) is 23.5 Å². The molecular formula is C25H38N6O5. The molecular weight excluding hydrogens is 464 g/mol. The second-order valence-corrected chi connectivity index (χ2v) is 10.1. The molecule has 0 radical (unpaired) electrons. The number of hydrogen-bond donors (Lipinski definition) is 1. The van der Waals surface area contributed by atoms with E-state index in [0.717, 1.165) is 12.8 Å². The summed E-state index contributed by atoms with van der Waals surface area (Å²) in [4.78, 5) is 26.9. The fraction of sp³-hybridized carbons (Fsp3) is 0.680. The summed E-state index contributed by atoms with van der Waals surface area (Å²) in [7, 11) is 1.70. The summed E-state index contributed by atoms with van der Waals surface area (Å²) in [6.45, 7) is 11.0. The van der Waals surface area contributed by atoms with Crippen LogP contribution in [-0.2, 0) is 23.7 Å². The van der Waals surface area contributed by atoms with Crippen molar-refractivity contribution in [3.63, 3.8) is 0 Å². The van der Waals surface area contributed by atoms with Crippen molar-refractivity contribution < 1.29 is 23.7 Å². The second kappa shape index (κ2) is 10.8. The summed E-state index contributed by atoms with van der Waals surface area (Å²) in [6, 6.07) is 0.688. The summed E-state index contributed by atoms with van der Waals surface area (Å²) in [5, 5.41) is 0. The number of rotatable bonds is 10. The Morgan fingerprint density at radius 1 is 1.31 bits per heavy atom. The third-order valence-corrected chi connectivity index (χ3v) is 6.90. The van der Waals surface area contributed by atoms with Crippen molar-refractivity contribution in [2.45, 2.75) is 83.8 Å². The summed E-state index contributed by atoms with van der Waals surface area (Å²) < 4.78 is 25.5. The van der Waals surface area contributed by atoms with Crippen LogP contribution in [0, 0.1) is 5.92 Å². The minimum absolute atomic E-state index is 0.273. The topological polar surface area (TPSA) is 127 Å². The first-order valence-corrected chi connectivity index (χ1v) is 12.6. The average Bonchev–Trinajstić information content (AvgIpc) is 3.35. The second-order valence-electron chi connectivity index (χ2n) is 10.1. The van der Waals surface area contributed by atoms with Crippen LogP contribution in [-0.4, -0.2) is 80.7 Å². The van der Waals surface area contributed by atoms with Gasteiger partial charge in [-0.3, -0.25) is 9.47 Å². The van der Waals surface area contributed by atoms with Gasteiger partial charge in [0.05, 0.1) is 12.9 Å². The molecule has 0 unspecified atom stereocenters. The van der Waals surface area contributed by atoms with Gasteiger partial charge in [-0.25, -0.2) is 19.7 Å². The van der Waals surface area contributed by atoms with Gasteiger partial charge in [0.1, 0.15) is 24.1 Å². The van der Waals surface area contributed by atoms with Crippen molar-refractivity contribution in [1.82, 2.24) is 24.4 Å². The highest BCUT2D eigenvalue weighted by atomic mass is 16.8. The molecule has 11 heteroatoms. The molecule has 0 spiro atoms. The van der Waals surface area contributed by atoms with E-state index < -0.39 is 18.1 Å². The number of ether oxygens (including phenoxy) is 4. The van der Waals surface area contributed by atoms with Gasteiger partial charge >= 0.3 is 5.97 Å². The molecule has 3 atom stereocenters. The van der Waals surface area contributed by atoms with E-state index in [2.05, 4.69) is 33.7 Å². The van der Waals surface area contributed by atoms with Gasteiger partial charge < -0.3 is 24.7 Å². The number of nitrogens with two attached hydrogens (primary N) is 1. The molecule has 2 aliphatic rings. The van der Waals surface area contributed by atoms with Crippen LogP contribution >= 0.6 is 0 Å². The minimum atomic E-state index is -0.816. The highest BCUT2D eigenvalue weighted by Crippen LogP contribution is 2.40. The summed E-state index contributed by atoms with van der Waals surface area (Å²) in [5.41, 5.74) is 7.11. The number of nitrogens with zero attached hydrogens (tertiary/aromatic N) is 5. The quantitative estimate of drug-likeness (QED) is 0.383. The van der Waals surface area contributed by atoms with Crippen LogP contribution < -0.4 is 5.73 Å². The Hall–Kier alpha value is -2.60. The van der Waals surface area contributed by atoms with E-state index in [1.807, 2.05) is 24.5 Å². The molecule has 2 N–H and O–H groups in total. The molecule has 2 aromatic heterocycles. The molecule has 1 aliphatic heterocycles. The van der Waals surface area contributed by atoms with E-state index in [1.165, 1.54) is 6.33 Å². The first kappa shape index (κ1) is 26.5. The van der Waals surface area contributed by atoms with E-state index in [0.29, 0.717) is 48.1 Å². The minimum Gasteiger partial charge on any atom is -0.463 e. The highest BCUT2D eigenvalue weighted by molar-refractivity contribution is 5.82. The molecule has 198 valence electrons. The van der Waals surface area contributed by atoms with Crippen LogP contribution in [0.5, 0.6) is 0 Å². The average molecular weight is 503 g/mol. The zero-order valence-electron chi connectivity index (χ0n) is 22.0. The molecule has 0 aromatic carbocycles. The van der Waals surface area contributed by atoms with Gasteiger partial charge in [-0.1, -0.05) is 6.08 Å². The highest BCUT2D eigenvalue weighted by Gasteiger charge is 2.48. The summed E-state index contributed by atoms with van der Waals surface area (Å²) in [6.07, 6.45) is 7.37. The molecule has 0 bridgehead atoms. The molecule has 1 saturated heterocycles. The number of aromatic nitrogens is 4. The van der Waals surface area contributed by atoms with Gasteiger partial charge in [0.25, 0.3) is 0 Å². The first-order chi connectivity index (χ1) is 17.1. The Morgan fingerprint density at radius 2 is 2.06 bits per heavy atom. The maximum absolute atomic E-state index is 11.6. The number of anilines is 1. The molecule has 11 nitrogen and oxygen atoms in total. The lowest BCUT2D eigenvalue weighted by atomic mass is 9.78. The molecule has 36 heavy (non-hydrogen) atoms. The number of fused-ring (bicyclic) bond motifs is 1. The van der Waals surface area contributed by atoms with E-state index in [1.54, 1.807) is 26.4 Å². The lowest BCUT2D eigenvalue weighted by Crippen LogP contribution is -2.53.